The third-order valence-corrected chi connectivity index (χ3v) is 3.29. The Balaban J connectivity index is 2.16. The number of aromatic nitrogens is 1. The number of carboxylic acid groups (broad SMARTS) is 1. The molecule has 0 spiro atoms. The maximum atomic E-state index is 11.3. The van der Waals surface area contributed by atoms with Gasteiger partial charge in [-0.05, 0) is 36.2 Å². The van der Waals surface area contributed by atoms with Gasteiger partial charge in [-0.15, -0.1) is 0 Å². The molecule has 0 aliphatic rings. The van der Waals surface area contributed by atoms with E-state index in [4.69, 9.17) is 4.42 Å². The number of hydrogen-bond donors (Lipinski definition) is 1. The minimum atomic E-state index is -0.964. The molecule has 1 heterocycles. The summed E-state index contributed by atoms with van der Waals surface area (Å²) in [6.07, 6.45) is 2.83. The second-order valence-electron chi connectivity index (χ2n) is 4.84. The predicted molar refractivity (Wildman–Crippen MR) is 79.1 cm³/mol. The third kappa shape index (κ3) is 2.69. The van der Waals surface area contributed by atoms with Crippen molar-refractivity contribution in [3.63, 3.8) is 0 Å². The zero-order valence-electron chi connectivity index (χ0n) is 11.4. The average molecular weight is 279 g/mol. The number of oxazole rings is 1. The number of carboxylic acids is 1. The summed E-state index contributed by atoms with van der Waals surface area (Å²) in [5.41, 5.74) is 4.53. The Labute approximate surface area is 121 Å². The molecule has 1 aromatic heterocycles. The van der Waals surface area contributed by atoms with Crippen LogP contribution in [0.5, 0.6) is 0 Å². The maximum absolute atomic E-state index is 11.3. The minimum Gasteiger partial charge on any atom is -0.478 e. The lowest BCUT2D eigenvalue weighted by Gasteiger charge is -2.07. The van der Waals surface area contributed by atoms with E-state index in [2.05, 4.69) is 4.98 Å². The zero-order chi connectivity index (χ0) is 14.8. The molecule has 3 aromatic rings. The molecule has 104 valence electrons. The Morgan fingerprint density at radius 3 is 2.38 bits per heavy atom. The van der Waals surface area contributed by atoms with Gasteiger partial charge in [-0.1, -0.05) is 29.8 Å². The molecular weight excluding hydrogens is 266 g/mol. The van der Waals surface area contributed by atoms with Crippen LogP contribution in [0.15, 0.2) is 59.5 Å². The van der Waals surface area contributed by atoms with E-state index in [9.17, 15) is 9.90 Å². The van der Waals surface area contributed by atoms with Crippen molar-refractivity contribution in [2.45, 2.75) is 6.92 Å². The van der Waals surface area contributed by atoms with Crippen molar-refractivity contribution < 1.29 is 14.3 Å². The summed E-state index contributed by atoms with van der Waals surface area (Å²) in [6.45, 7) is 2.01. The van der Waals surface area contributed by atoms with Crippen LogP contribution in [0.1, 0.15) is 15.9 Å². The molecule has 0 radical (unpaired) electrons. The minimum absolute atomic E-state index is 0.228. The number of aromatic carboxylic acids is 1. The van der Waals surface area contributed by atoms with Gasteiger partial charge in [0, 0.05) is 5.56 Å². The van der Waals surface area contributed by atoms with Gasteiger partial charge >= 0.3 is 5.97 Å². The summed E-state index contributed by atoms with van der Waals surface area (Å²) in [5.74, 6) is -0.964. The highest BCUT2D eigenvalue weighted by Crippen LogP contribution is 2.27. The standard InChI is InChI=1S/C17H13NO3/c1-11-2-4-12(5-3-11)13-6-14(16-9-21-10-18-16)8-15(7-13)17(19)20/h2-10H,1H3,(H,19,20). The summed E-state index contributed by atoms with van der Waals surface area (Å²) in [5, 5.41) is 9.28. The lowest BCUT2D eigenvalue weighted by Crippen LogP contribution is -1.97. The molecule has 0 atom stereocenters. The Kier molecular flexibility index (Phi) is 3.28. The fourth-order valence-electron chi connectivity index (χ4n) is 2.17. The first kappa shape index (κ1) is 13.1. The van der Waals surface area contributed by atoms with Crippen molar-refractivity contribution in [3.8, 4) is 22.4 Å². The third-order valence-electron chi connectivity index (χ3n) is 3.29. The van der Waals surface area contributed by atoms with Crippen LogP contribution in [0.3, 0.4) is 0 Å². The van der Waals surface area contributed by atoms with Crippen LogP contribution in [0, 0.1) is 6.92 Å². The summed E-state index contributed by atoms with van der Waals surface area (Å²) in [6, 6.07) is 13.1. The molecule has 0 aliphatic carbocycles. The summed E-state index contributed by atoms with van der Waals surface area (Å²) >= 11 is 0. The number of aryl methyl sites for hydroxylation is 1. The van der Waals surface area contributed by atoms with Crippen molar-refractivity contribution in [2.24, 2.45) is 0 Å². The van der Waals surface area contributed by atoms with E-state index in [1.54, 1.807) is 12.1 Å². The van der Waals surface area contributed by atoms with Gasteiger partial charge in [0.1, 0.15) is 12.0 Å². The Hall–Kier alpha value is -2.88. The lowest BCUT2D eigenvalue weighted by atomic mass is 9.98. The van der Waals surface area contributed by atoms with Crippen molar-refractivity contribution >= 4 is 5.97 Å². The molecule has 4 nitrogen and oxygen atoms in total. The highest BCUT2D eigenvalue weighted by molar-refractivity contribution is 5.91. The van der Waals surface area contributed by atoms with E-state index >= 15 is 0 Å². The Morgan fingerprint density at radius 1 is 1.05 bits per heavy atom. The van der Waals surface area contributed by atoms with Crippen molar-refractivity contribution in [2.75, 3.05) is 0 Å². The van der Waals surface area contributed by atoms with Crippen LogP contribution in [0.2, 0.25) is 0 Å². The van der Waals surface area contributed by atoms with Crippen molar-refractivity contribution in [3.05, 3.63) is 66.2 Å². The normalized spacial score (nSPS) is 10.5. The van der Waals surface area contributed by atoms with Gasteiger partial charge in [0.25, 0.3) is 0 Å². The van der Waals surface area contributed by atoms with Gasteiger partial charge in [0.15, 0.2) is 6.39 Å². The van der Waals surface area contributed by atoms with Gasteiger partial charge in [0.2, 0.25) is 0 Å². The molecule has 1 N–H and O–H groups in total. The fourth-order valence-corrected chi connectivity index (χ4v) is 2.17. The molecule has 0 bridgehead atoms. The summed E-state index contributed by atoms with van der Waals surface area (Å²) in [4.78, 5) is 15.4. The highest BCUT2D eigenvalue weighted by atomic mass is 16.4. The first-order valence-electron chi connectivity index (χ1n) is 6.47. The van der Waals surface area contributed by atoms with Crippen LogP contribution in [-0.4, -0.2) is 16.1 Å². The largest absolute Gasteiger partial charge is 0.478 e. The van der Waals surface area contributed by atoms with Crippen molar-refractivity contribution in [1.29, 1.82) is 0 Å². The fraction of sp³-hybridized carbons (Fsp3) is 0.0588. The van der Waals surface area contributed by atoms with Crippen LogP contribution in [0.25, 0.3) is 22.4 Å². The average Bonchev–Trinajstić information content (AvgIpc) is 3.02. The molecule has 2 aromatic carbocycles. The zero-order valence-corrected chi connectivity index (χ0v) is 11.4. The summed E-state index contributed by atoms with van der Waals surface area (Å²) in [7, 11) is 0. The molecule has 0 aliphatic heterocycles. The second-order valence-corrected chi connectivity index (χ2v) is 4.84. The quantitative estimate of drug-likeness (QED) is 0.786. The van der Waals surface area contributed by atoms with Crippen LogP contribution in [0.4, 0.5) is 0 Å². The van der Waals surface area contributed by atoms with Crippen molar-refractivity contribution in [1.82, 2.24) is 4.98 Å². The van der Waals surface area contributed by atoms with Gasteiger partial charge in [0.05, 0.1) is 5.56 Å². The highest BCUT2D eigenvalue weighted by Gasteiger charge is 2.11. The monoisotopic (exact) mass is 279 g/mol. The van der Waals surface area contributed by atoms with E-state index in [-0.39, 0.29) is 5.56 Å². The van der Waals surface area contributed by atoms with E-state index in [1.165, 1.54) is 12.7 Å². The van der Waals surface area contributed by atoms with Gasteiger partial charge < -0.3 is 9.52 Å². The number of hydrogen-bond acceptors (Lipinski definition) is 3. The first-order valence-corrected chi connectivity index (χ1v) is 6.47. The molecule has 0 saturated heterocycles. The molecule has 0 amide bonds. The lowest BCUT2D eigenvalue weighted by molar-refractivity contribution is 0.0697. The molecule has 21 heavy (non-hydrogen) atoms. The molecule has 4 heteroatoms. The number of rotatable bonds is 3. The smallest absolute Gasteiger partial charge is 0.335 e. The van der Waals surface area contributed by atoms with Crippen LogP contribution in [-0.2, 0) is 0 Å². The molecular formula is C17H13NO3. The van der Waals surface area contributed by atoms with Crippen LogP contribution < -0.4 is 0 Å². The SMILES string of the molecule is Cc1ccc(-c2cc(C(=O)O)cc(-c3cocn3)c2)cc1. The van der Waals surface area contributed by atoms with E-state index < -0.39 is 5.97 Å². The van der Waals surface area contributed by atoms with Gasteiger partial charge in [-0.25, -0.2) is 9.78 Å². The molecule has 3 rings (SSSR count). The second kappa shape index (κ2) is 5.25. The van der Waals surface area contributed by atoms with Gasteiger partial charge in [-0.2, -0.15) is 0 Å². The Morgan fingerprint density at radius 2 is 1.76 bits per heavy atom. The predicted octanol–water partition coefficient (Wildman–Crippen LogP) is 4.02. The number of benzene rings is 2. The van der Waals surface area contributed by atoms with Crippen LogP contribution >= 0.6 is 0 Å². The van der Waals surface area contributed by atoms with E-state index in [1.807, 2.05) is 37.3 Å². The van der Waals surface area contributed by atoms with E-state index in [0.717, 1.165) is 22.3 Å². The first-order chi connectivity index (χ1) is 10.1. The van der Waals surface area contributed by atoms with Gasteiger partial charge in [-0.3, -0.25) is 0 Å². The molecule has 0 fully saturated rings. The molecule has 0 unspecified atom stereocenters. The maximum Gasteiger partial charge on any atom is 0.335 e. The number of carbonyl (C=O) groups is 1. The Bertz CT molecular complexity index is 774. The topological polar surface area (TPSA) is 63.3 Å². The number of nitrogens with zero attached hydrogens (tertiary/aromatic N) is 1. The summed E-state index contributed by atoms with van der Waals surface area (Å²) < 4.78 is 4.97. The molecule has 0 saturated carbocycles. The van der Waals surface area contributed by atoms with E-state index in [0.29, 0.717) is 5.69 Å².